The van der Waals surface area contributed by atoms with E-state index in [-0.39, 0.29) is 32.0 Å². The van der Waals surface area contributed by atoms with Gasteiger partial charge in [0, 0.05) is 19.6 Å². The second kappa shape index (κ2) is 20.6. The molecule has 3 amide bonds. The third-order valence-corrected chi connectivity index (χ3v) is 9.11. The number of aromatic amines is 1. The van der Waals surface area contributed by atoms with Crippen molar-refractivity contribution >= 4 is 28.9 Å². The van der Waals surface area contributed by atoms with Crippen molar-refractivity contribution < 1.29 is 29.0 Å². The summed E-state index contributed by atoms with van der Waals surface area (Å²) in [4.78, 5) is 48.5. The van der Waals surface area contributed by atoms with Crippen LogP contribution in [0, 0.1) is 5.92 Å². The van der Waals surface area contributed by atoms with Crippen LogP contribution in [0.4, 0.5) is 4.79 Å². The van der Waals surface area contributed by atoms with Gasteiger partial charge < -0.3 is 40.8 Å². The minimum Gasteiger partial charge on any atom is -0.497 e. The molecule has 55 heavy (non-hydrogen) atoms. The van der Waals surface area contributed by atoms with Gasteiger partial charge in [-0.15, -0.1) is 0 Å². The number of hydrogen-bond donors (Lipinski definition) is 7. The first-order valence-corrected chi connectivity index (χ1v) is 18.5. The summed E-state index contributed by atoms with van der Waals surface area (Å²) in [5, 5.41) is 27.2. The number of carbonyl (C=O) groups is 3. The Morgan fingerprint density at radius 3 is 2.09 bits per heavy atom. The van der Waals surface area contributed by atoms with Gasteiger partial charge in [0.1, 0.15) is 30.3 Å². The SMILES string of the molecule is COc1ccc(CN[C@@H](C(=O)NCCNCc2nc3ccccc3[nH]2)[C@H](O)[C@H](Cc2ccccc2)NC(=O)[C@@H](NC(=O)OCc2ccccc2)C(C)C)cc1. The maximum Gasteiger partial charge on any atom is 0.408 e. The lowest BCUT2D eigenvalue weighted by Crippen LogP contribution is -2.61. The molecule has 7 N–H and O–H groups in total. The molecule has 0 aliphatic rings. The van der Waals surface area contributed by atoms with Crippen molar-refractivity contribution in [2.24, 2.45) is 5.92 Å². The Kier molecular flexibility index (Phi) is 15.2. The number of aliphatic hydroxyl groups excluding tert-OH is 1. The lowest BCUT2D eigenvalue weighted by Gasteiger charge is -2.32. The van der Waals surface area contributed by atoms with Crippen molar-refractivity contribution in [3.8, 4) is 5.75 Å². The van der Waals surface area contributed by atoms with E-state index in [4.69, 9.17) is 9.47 Å². The topological polar surface area (TPSA) is 179 Å². The van der Waals surface area contributed by atoms with Crippen LogP contribution in [0.1, 0.15) is 36.4 Å². The average molecular weight is 750 g/mol. The predicted octanol–water partition coefficient (Wildman–Crippen LogP) is 3.98. The number of nitrogens with one attached hydrogen (secondary N) is 6. The molecular weight excluding hydrogens is 699 g/mol. The quantitative estimate of drug-likeness (QED) is 0.0580. The van der Waals surface area contributed by atoms with Crippen molar-refractivity contribution in [2.75, 3.05) is 20.2 Å². The molecule has 0 spiro atoms. The number of carbonyl (C=O) groups excluding carboxylic acids is 3. The third-order valence-electron chi connectivity index (χ3n) is 9.11. The highest BCUT2D eigenvalue weighted by Gasteiger charge is 2.36. The number of benzene rings is 4. The van der Waals surface area contributed by atoms with Crippen molar-refractivity contribution in [3.05, 3.63) is 132 Å². The number of amides is 3. The minimum absolute atomic E-state index is 0.0422. The third kappa shape index (κ3) is 12.4. The summed E-state index contributed by atoms with van der Waals surface area (Å²) in [6.45, 7) is 5.09. The van der Waals surface area contributed by atoms with Gasteiger partial charge in [-0.05, 0) is 53.3 Å². The van der Waals surface area contributed by atoms with Crippen LogP contribution in [0.5, 0.6) is 5.75 Å². The number of imidazole rings is 1. The highest BCUT2D eigenvalue weighted by atomic mass is 16.5. The van der Waals surface area contributed by atoms with Gasteiger partial charge in [-0.25, -0.2) is 9.78 Å². The molecule has 4 aromatic carbocycles. The number of hydrogen-bond acceptors (Lipinski definition) is 9. The molecule has 0 bridgehead atoms. The van der Waals surface area contributed by atoms with Crippen molar-refractivity contribution in [1.29, 1.82) is 0 Å². The van der Waals surface area contributed by atoms with Crippen molar-refractivity contribution in [2.45, 2.75) is 64.2 Å². The van der Waals surface area contributed by atoms with Crippen LogP contribution in [0.25, 0.3) is 11.0 Å². The number of aromatic nitrogens is 2. The van der Waals surface area contributed by atoms with Gasteiger partial charge >= 0.3 is 6.09 Å². The first-order chi connectivity index (χ1) is 26.7. The summed E-state index contributed by atoms with van der Waals surface area (Å²) in [7, 11) is 1.59. The summed E-state index contributed by atoms with van der Waals surface area (Å²) < 4.78 is 10.7. The number of H-pyrrole nitrogens is 1. The van der Waals surface area contributed by atoms with E-state index in [0.29, 0.717) is 18.8 Å². The second-order valence-corrected chi connectivity index (χ2v) is 13.6. The molecular formula is C42H51N7O6. The van der Waals surface area contributed by atoms with E-state index in [0.717, 1.165) is 33.5 Å². The number of nitrogens with zero attached hydrogens (tertiary/aromatic N) is 1. The first-order valence-electron chi connectivity index (χ1n) is 18.5. The number of alkyl carbamates (subject to hydrolysis) is 1. The number of ether oxygens (including phenoxy) is 2. The smallest absolute Gasteiger partial charge is 0.408 e. The Hall–Kier alpha value is -5.76. The first kappa shape index (κ1) is 40.4. The Bertz CT molecular complexity index is 1910. The molecule has 0 fully saturated rings. The molecule has 1 heterocycles. The molecule has 290 valence electrons. The molecule has 13 nitrogen and oxygen atoms in total. The standard InChI is InChI=1S/C42H51N7O6/c1-28(2)37(49-42(53)55-27-31-14-8-5-9-15-31)41(52)48-35(24-29-12-6-4-7-13-29)39(50)38(45-25-30-18-20-32(54-3)21-19-30)40(51)44-23-22-43-26-36-46-33-16-10-11-17-34(33)47-36/h4-21,28,35,37-39,43,45,50H,22-27H2,1-3H3,(H,44,51)(H,46,47)(H,48,52)(H,49,53)/t35-,37-,38+,39+/m0/s1. The van der Waals surface area contributed by atoms with Gasteiger partial charge in [0.2, 0.25) is 11.8 Å². The summed E-state index contributed by atoms with van der Waals surface area (Å²) in [5.41, 5.74) is 4.33. The molecule has 4 atom stereocenters. The molecule has 1 aromatic heterocycles. The lowest BCUT2D eigenvalue weighted by molar-refractivity contribution is -0.130. The van der Waals surface area contributed by atoms with Crippen LogP contribution in [-0.4, -0.2) is 77.4 Å². The normalized spacial score (nSPS) is 13.4. The highest BCUT2D eigenvalue weighted by Crippen LogP contribution is 2.15. The fraction of sp³-hybridized carbons (Fsp3) is 0.333. The van der Waals surface area contributed by atoms with E-state index in [1.807, 2.05) is 109 Å². The molecule has 5 rings (SSSR count). The van der Waals surface area contributed by atoms with E-state index >= 15 is 0 Å². The van der Waals surface area contributed by atoms with Crippen LogP contribution in [-0.2, 0) is 40.4 Å². The van der Waals surface area contributed by atoms with Gasteiger partial charge in [-0.1, -0.05) is 98.8 Å². The summed E-state index contributed by atoms with van der Waals surface area (Å²) in [6, 6.07) is 30.7. The maximum absolute atomic E-state index is 13.9. The molecule has 0 saturated carbocycles. The minimum atomic E-state index is -1.39. The molecule has 0 unspecified atom stereocenters. The monoisotopic (exact) mass is 749 g/mol. The Labute approximate surface area is 321 Å². The highest BCUT2D eigenvalue weighted by molar-refractivity contribution is 5.87. The number of fused-ring (bicyclic) bond motifs is 1. The lowest BCUT2D eigenvalue weighted by atomic mass is 9.94. The zero-order valence-corrected chi connectivity index (χ0v) is 31.5. The van der Waals surface area contributed by atoms with Gasteiger partial charge in [0.25, 0.3) is 0 Å². The van der Waals surface area contributed by atoms with Gasteiger partial charge in [-0.2, -0.15) is 0 Å². The Morgan fingerprint density at radius 2 is 1.42 bits per heavy atom. The summed E-state index contributed by atoms with van der Waals surface area (Å²) in [5.74, 6) is 0.187. The van der Waals surface area contributed by atoms with Crippen molar-refractivity contribution in [3.63, 3.8) is 0 Å². The van der Waals surface area contributed by atoms with Crippen LogP contribution in [0.3, 0.4) is 0 Å². The van der Waals surface area contributed by atoms with E-state index in [1.165, 1.54) is 0 Å². The zero-order chi connectivity index (χ0) is 39.0. The van der Waals surface area contributed by atoms with Crippen LogP contribution in [0.2, 0.25) is 0 Å². The van der Waals surface area contributed by atoms with Gasteiger partial charge in [0.05, 0.1) is 36.8 Å². The number of rotatable bonds is 20. The molecule has 5 aromatic rings. The van der Waals surface area contributed by atoms with Crippen molar-refractivity contribution in [1.82, 2.24) is 36.6 Å². The van der Waals surface area contributed by atoms with E-state index in [2.05, 4.69) is 36.6 Å². The molecule has 0 radical (unpaired) electrons. The van der Waals surface area contributed by atoms with E-state index in [9.17, 15) is 19.5 Å². The number of aliphatic hydroxyl groups is 1. The van der Waals surface area contributed by atoms with Crippen LogP contribution >= 0.6 is 0 Å². The maximum atomic E-state index is 13.9. The van der Waals surface area contributed by atoms with Crippen LogP contribution < -0.4 is 31.3 Å². The number of para-hydroxylation sites is 2. The average Bonchev–Trinajstić information content (AvgIpc) is 3.62. The zero-order valence-electron chi connectivity index (χ0n) is 31.5. The summed E-state index contributed by atoms with van der Waals surface area (Å²) >= 11 is 0. The molecule has 0 aliphatic heterocycles. The number of methoxy groups -OCH3 is 1. The van der Waals surface area contributed by atoms with Gasteiger partial charge in [-0.3, -0.25) is 14.9 Å². The molecule has 0 saturated heterocycles. The van der Waals surface area contributed by atoms with Crippen LogP contribution in [0.15, 0.2) is 109 Å². The van der Waals surface area contributed by atoms with E-state index in [1.54, 1.807) is 21.0 Å². The predicted molar refractivity (Wildman–Crippen MR) is 211 cm³/mol. The Balaban J connectivity index is 1.28. The summed E-state index contributed by atoms with van der Waals surface area (Å²) in [6.07, 6.45) is -1.92. The second-order valence-electron chi connectivity index (χ2n) is 13.6. The fourth-order valence-corrected chi connectivity index (χ4v) is 6.08. The van der Waals surface area contributed by atoms with Gasteiger partial charge in [0.15, 0.2) is 0 Å². The largest absolute Gasteiger partial charge is 0.497 e. The van der Waals surface area contributed by atoms with E-state index < -0.39 is 42.1 Å². The Morgan fingerprint density at radius 1 is 0.745 bits per heavy atom. The fourth-order valence-electron chi connectivity index (χ4n) is 6.08. The molecule has 13 heteroatoms. The molecule has 0 aliphatic carbocycles.